The third-order valence-electron chi connectivity index (χ3n) is 2.99. The van der Waals surface area contributed by atoms with Crippen LogP contribution in [0.15, 0.2) is 12.2 Å². The summed E-state index contributed by atoms with van der Waals surface area (Å²) in [4.78, 5) is 14.1. The lowest BCUT2D eigenvalue weighted by Gasteiger charge is -2.30. The zero-order valence-corrected chi connectivity index (χ0v) is 8.52. The molecule has 0 unspecified atom stereocenters. The van der Waals surface area contributed by atoms with Gasteiger partial charge in [0.2, 0.25) is 0 Å². The molecule has 0 radical (unpaired) electrons. The van der Waals surface area contributed by atoms with Gasteiger partial charge in [-0.1, -0.05) is 27.4 Å². The molecule has 0 aliphatic heterocycles. The van der Waals surface area contributed by atoms with Crippen molar-refractivity contribution in [3.8, 4) is 0 Å². The zero-order chi connectivity index (χ0) is 10.5. The van der Waals surface area contributed by atoms with Crippen molar-refractivity contribution in [2.24, 2.45) is 5.41 Å². The molecule has 0 bridgehead atoms. The molecule has 0 N–H and O–H groups in total. The Morgan fingerprint density at radius 1 is 1.31 bits per heavy atom. The van der Waals surface area contributed by atoms with Crippen molar-refractivity contribution in [2.75, 3.05) is 0 Å². The second-order valence-corrected chi connectivity index (χ2v) is 3.18. The van der Waals surface area contributed by atoms with Gasteiger partial charge in [0, 0.05) is 15.5 Å². The molecule has 0 aromatic heterocycles. The largest absolute Gasteiger partial charge is 0.375 e. The second-order valence-electron chi connectivity index (χ2n) is 3.18. The van der Waals surface area contributed by atoms with Crippen LogP contribution in [-0.2, 0) is 9.74 Å². The quantitative estimate of drug-likeness (QED) is 0.619. The van der Waals surface area contributed by atoms with Crippen LogP contribution in [0.2, 0.25) is 0 Å². The second kappa shape index (κ2) is 5.00. The van der Waals surface area contributed by atoms with Gasteiger partial charge >= 0.3 is 5.97 Å². The number of hydrogen-bond acceptors (Lipinski definition) is 2. The average Bonchev–Trinajstić information content (AvgIpc) is 2.20. The molecule has 0 aromatic carbocycles. The van der Waals surface area contributed by atoms with Crippen LogP contribution in [0, 0.1) is 5.41 Å². The Kier molecular flexibility index (Phi) is 4.67. The topological polar surface area (TPSA) is 26.3 Å². The van der Waals surface area contributed by atoms with Crippen molar-refractivity contribution in [3.63, 3.8) is 0 Å². The monoisotopic (exact) mass is 188 g/mol. The molecule has 0 saturated carbocycles. The summed E-state index contributed by atoms with van der Waals surface area (Å²) in [5.41, 5.74) is -0.0640. The van der Waals surface area contributed by atoms with E-state index in [1.54, 1.807) is 0 Å². The van der Waals surface area contributed by atoms with E-state index in [1.165, 1.54) is 0 Å². The fourth-order valence-corrected chi connectivity index (χ4v) is 1.65. The van der Waals surface area contributed by atoms with Crippen LogP contribution >= 0.6 is 0 Å². The molecule has 0 saturated heterocycles. The molecule has 76 valence electrons. The van der Waals surface area contributed by atoms with Crippen molar-refractivity contribution < 1.29 is 14.3 Å². The lowest BCUT2D eigenvalue weighted by molar-refractivity contribution is -0.179. The zero-order valence-electron chi connectivity index (χ0n) is 8.52. The van der Waals surface area contributed by atoms with Gasteiger partial charge in [-0.15, -0.1) is 0 Å². The van der Waals surface area contributed by atoms with E-state index in [2.05, 4.69) is 11.5 Å². The molecule has 0 rings (SSSR count). The maximum atomic E-state index is 11.7. The molecule has 0 amide bonds. The predicted molar refractivity (Wildman–Crippen MR) is 49.6 cm³/mol. The Morgan fingerprint density at radius 3 is 1.92 bits per heavy atom. The molecule has 0 spiro atoms. The minimum absolute atomic E-state index is 0.238. The van der Waals surface area contributed by atoms with Gasteiger partial charge in [0.15, 0.2) is 0 Å². The molecule has 3 heteroatoms. The summed E-state index contributed by atoms with van der Waals surface area (Å²) in [5, 5.41) is 0. The molecule has 0 aliphatic carbocycles. The number of carbonyl (C=O) groups is 1. The van der Waals surface area contributed by atoms with Crippen molar-refractivity contribution in [1.82, 2.24) is 0 Å². The van der Waals surface area contributed by atoms with Gasteiger partial charge in [-0.2, -0.15) is 0 Å². The standard InChI is InChI=1S/C10H17FO2/c1-5-10(6-2,7-3)8(4)9(12)13-11/h4-7H2,1-3H3. The van der Waals surface area contributed by atoms with Crippen molar-refractivity contribution >= 4 is 5.97 Å². The Balaban J connectivity index is 4.73. The maximum Gasteiger partial charge on any atom is 0.375 e. The molecule has 0 aliphatic rings. The van der Waals surface area contributed by atoms with E-state index in [-0.39, 0.29) is 11.0 Å². The van der Waals surface area contributed by atoms with Gasteiger partial charge in [-0.25, -0.2) is 9.74 Å². The van der Waals surface area contributed by atoms with Gasteiger partial charge in [-0.3, -0.25) is 0 Å². The number of carbonyl (C=O) groups excluding carboxylic acids is 1. The van der Waals surface area contributed by atoms with E-state index < -0.39 is 5.97 Å². The van der Waals surface area contributed by atoms with Gasteiger partial charge in [-0.05, 0) is 19.3 Å². The summed E-state index contributed by atoms with van der Waals surface area (Å²) >= 11 is 0. The summed E-state index contributed by atoms with van der Waals surface area (Å²) in [6.45, 7) is 9.48. The first-order valence-corrected chi connectivity index (χ1v) is 4.60. The third-order valence-corrected chi connectivity index (χ3v) is 2.99. The van der Waals surface area contributed by atoms with Gasteiger partial charge < -0.3 is 0 Å². The molecule has 2 nitrogen and oxygen atoms in total. The summed E-state index contributed by atoms with van der Waals surface area (Å²) in [5.74, 6) is -0.939. The maximum absolute atomic E-state index is 11.7. The highest BCUT2D eigenvalue weighted by molar-refractivity contribution is 5.88. The number of halogens is 1. The summed E-state index contributed by atoms with van der Waals surface area (Å²) in [6, 6.07) is 0. The third kappa shape index (κ3) is 2.29. The Labute approximate surface area is 78.7 Å². The van der Waals surface area contributed by atoms with Crippen LogP contribution < -0.4 is 0 Å². The number of rotatable bonds is 5. The van der Waals surface area contributed by atoms with E-state index in [0.29, 0.717) is 0 Å². The van der Waals surface area contributed by atoms with Crippen LogP contribution in [0.25, 0.3) is 0 Å². The summed E-state index contributed by atoms with van der Waals surface area (Å²) in [6.07, 6.45) is 2.32. The van der Waals surface area contributed by atoms with Crippen LogP contribution in [0.5, 0.6) is 0 Å². The van der Waals surface area contributed by atoms with Gasteiger partial charge in [0.1, 0.15) is 0 Å². The molecule has 0 atom stereocenters. The van der Waals surface area contributed by atoms with E-state index >= 15 is 0 Å². The predicted octanol–water partition coefficient (Wildman–Crippen LogP) is 3.19. The molecule has 13 heavy (non-hydrogen) atoms. The van der Waals surface area contributed by atoms with Crippen molar-refractivity contribution in [1.29, 1.82) is 0 Å². The Hall–Kier alpha value is -0.860. The highest BCUT2D eigenvalue weighted by atomic mass is 19.3. The highest BCUT2D eigenvalue weighted by Gasteiger charge is 2.32. The Bertz CT molecular complexity index is 187. The fourth-order valence-electron chi connectivity index (χ4n) is 1.65. The van der Waals surface area contributed by atoms with Gasteiger partial charge in [0.25, 0.3) is 0 Å². The lowest BCUT2D eigenvalue weighted by Crippen LogP contribution is -2.25. The first kappa shape index (κ1) is 12.1. The van der Waals surface area contributed by atoms with E-state index in [4.69, 9.17) is 0 Å². The average molecular weight is 188 g/mol. The van der Waals surface area contributed by atoms with E-state index in [0.717, 1.165) is 19.3 Å². The van der Waals surface area contributed by atoms with Gasteiger partial charge in [0.05, 0.1) is 0 Å². The normalized spacial score (nSPS) is 11.1. The van der Waals surface area contributed by atoms with Crippen molar-refractivity contribution in [3.05, 3.63) is 12.2 Å². The minimum Gasteiger partial charge on any atom is -0.250 e. The van der Waals surface area contributed by atoms with Crippen LogP contribution in [-0.4, -0.2) is 5.97 Å². The Morgan fingerprint density at radius 2 is 1.69 bits per heavy atom. The lowest BCUT2D eigenvalue weighted by atomic mass is 9.74. The number of hydrogen-bond donors (Lipinski definition) is 0. The molecule has 0 aromatic rings. The van der Waals surface area contributed by atoms with E-state index in [9.17, 15) is 9.32 Å². The first-order chi connectivity index (χ1) is 6.07. The molecule has 0 fully saturated rings. The van der Waals surface area contributed by atoms with Crippen LogP contribution in [0.4, 0.5) is 4.53 Å². The molecule has 0 heterocycles. The molecular formula is C10H17FO2. The summed E-state index contributed by atoms with van der Waals surface area (Å²) < 4.78 is 11.7. The highest BCUT2D eigenvalue weighted by Crippen LogP contribution is 2.38. The van der Waals surface area contributed by atoms with Crippen molar-refractivity contribution in [2.45, 2.75) is 40.0 Å². The first-order valence-electron chi connectivity index (χ1n) is 4.60. The SMILES string of the molecule is C=C(C(=O)OF)C(CC)(CC)CC. The molecular weight excluding hydrogens is 171 g/mol. The summed E-state index contributed by atoms with van der Waals surface area (Å²) in [7, 11) is 0. The van der Waals surface area contributed by atoms with Crippen LogP contribution in [0.1, 0.15) is 40.0 Å². The minimum atomic E-state index is -0.939. The fraction of sp³-hybridized carbons (Fsp3) is 0.700. The smallest absolute Gasteiger partial charge is 0.250 e. The van der Waals surface area contributed by atoms with E-state index in [1.807, 2.05) is 20.8 Å². The van der Waals surface area contributed by atoms with Crippen LogP contribution in [0.3, 0.4) is 0 Å².